The zero-order valence-electron chi connectivity index (χ0n) is 11.6. The Morgan fingerprint density at radius 1 is 1.00 bits per heavy atom. The molecule has 98 valence electrons. The van der Waals surface area contributed by atoms with Gasteiger partial charge in [0.2, 0.25) is 0 Å². The number of amidine groups is 1. The third-order valence-electron chi connectivity index (χ3n) is 3.31. The van der Waals surface area contributed by atoms with Gasteiger partial charge in [0.25, 0.3) is 0 Å². The SMILES string of the molecule is Cc1ccc(N(C)c2ccc(C(=N)N)c(C)c2)cc1. The van der Waals surface area contributed by atoms with Crippen molar-refractivity contribution in [2.45, 2.75) is 13.8 Å². The number of hydrogen-bond acceptors (Lipinski definition) is 2. The molecule has 0 radical (unpaired) electrons. The molecule has 19 heavy (non-hydrogen) atoms. The molecule has 3 N–H and O–H groups in total. The maximum atomic E-state index is 7.51. The molecule has 0 aromatic heterocycles. The molecule has 2 aromatic rings. The smallest absolute Gasteiger partial charge is 0.123 e. The summed E-state index contributed by atoms with van der Waals surface area (Å²) in [5.41, 5.74) is 10.8. The molecule has 0 aliphatic carbocycles. The van der Waals surface area contributed by atoms with Crippen LogP contribution in [0.15, 0.2) is 42.5 Å². The van der Waals surface area contributed by atoms with Crippen molar-refractivity contribution < 1.29 is 0 Å². The molecule has 0 spiro atoms. The highest BCUT2D eigenvalue weighted by Crippen LogP contribution is 2.25. The molecule has 0 atom stereocenters. The van der Waals surface area contributed by atoms with Crippen LogP contribution < -0.4 is 10.6 Å². The highest BCUT2D eigenvalue weighted by atomic mass is 15.1. The molecule has 3 nitrogen and oxygen atoms in total. The van der Waals surface area contributed by atoms with E-state index in [0.717, 1.165) is 22.5 Å². The predicted octanol–water partition coefficient (Wildman–Crippen LogP) is 3.36. The van der Waals surface area contributed by atoms with E-state index in [1.807, 2.05) is 26.1 Å². The minimum absolute atomic E-state index is 0.113. The van der Waals surface area contributed by atoms with E-state index in [0.29, 0.717) is 0 Å². The van der Waals surface area contributed by atoms with E-state index in [1.54, 1.807) is 0 Å². The van der Waals surface area contributed by atoms with Crippen molar-refractivity contribution in [3.63, 3.8) is 0 Å². The number of nitrogen functional groups attached to an aromatic ring is 1. The van der Waals surface area contributed by atoms with Crippen LogP contribution in [0.25, 0.3) is 0 Å². The van der Waals surface area contributed by atoms with Crippen LogP contribution in [-0.2, 0) is 0 Å². The molecule has 0 fully saturated rings. The second kappa shape index (κ2) is 5.14. The summed E-state index contributed by atoms with van der Waals surface area (Å²) in [4.78, 5) is 2.12. The van der Waals surface area contributed by atoms with Gasteiger partial charge < -0.3 is 10.6 Å². The average Bonchev–Trinajstić information content (AvgIpc) is 2.38. The minimum atomic E-state index is 0.113. The highest BCUT2D eigenvalue weighted by Gasteiger charge is 2.07. The van der Waals surface area contributed by atoms with E-state index >= 15 is 0 Å². The van der Waals surface area contributed by atoms with Gasteiger partial charge in [-0.25, -0.2) is 0 Å². The van der Waals surface area contributed by atoms with Crippen molar-refractivity contribution in [2.24, 2.45) is 5.73 Å². The molecular formula is C16H19N3. The molecule has 2 rings (SSSR count). The van der Waals surface area contributed by atoms with E-state index in [4.69, 9.17) is 11.1 Å². The molecule has 0 heterocycles. The number of anilines is 2. The Labute approximate surface area is 114 Å². The largest absolute Gasteiger partial charge is 0.384 e. The first kappa shape index (κ1) is 13.1. The Morgan fingerprint density at radius 2 is 1.58 bits per heavy atom. The molecular weight excluding hydrogens is 234 g/mol. The molecule has 0 amide bonds. The maximum Gasteiger partial charge on any atom is 0.123 e. The van der Waals surface area contributed by atoms with Crippen LogP contribution in [0, 0.1) is 19.3 Å². The maximum absolute atomic E-state index is 7.51. The molecule has 0 aliphatic heterocycles. The number of rotatable bonds is 3. The number of nitrogens with one attached hydrogen (secondary N) is 1. The zero-order chi connectivity index (χ0) is 14.0. The number of benzene rings is 2. The lowest BCUT2D eigenvalue weighted by molar-refractivity contribution is 1.19. The third kappa shape index (κ3) is 2.76. The van der Waals surface area contributed by atoms with Crippen LogP contribution in [-0.4, -0.2) is 12.9 Å². The van der Waals surface area contributed by atoms with Crippen molar-refractivity contribution in [1.82, 2.24) is 0 Å². The van der Waals surface area contributed by atoms with Crippen LogP contribution in [0.3, 0.4) is 0 Å². The van der Waals surface area contributed by atoms with E-state index < -0.39 is 0 Å². The van der Waals surface area contributed by atoms with Crippen LogP contribution in [0.5, 0.6) is 0 Å². The van der Waals surface area contributed by atoms with Crippen LogP contribution >= 0.6 is 0 Å². The molecule has 0 aliphatic rings. The van der Waals surface area contributed by atoms with Crippen molar-refractivity contribution in [1.29, 1.82) is 5.41 Å². The fraction of sp³-hybridized carbons (Fsp3) is 0.188. The monoisotopic (exact) mass is 253 g/mol. The number of hydrogen-bond donors (Lipinski definition) is 2. The summed E-state index contributed by atoms with van der Waals surface area (Å²) >= 11 is 0. The second-order valence-corrected chi connectivity index (χ2v) is 4.81. The number of aryl methyl sites for hydroxylation is 2. The van der Waals surface area contributed by atoms with Gasteiger partial charge in [0.15, 0.2) is 0 Å². The van der Waals surface area contributed by atoms with Gasteiger partial charge >= 0.3 is 0 Å². The van der Waals surface area contributed by atoms with Gasteiger partial charge in [-0.15, -0.1) is 0 Å². The highest BCUT2D eigenvalue weighted by molar-refractivity contribution is 5.96. The van der Waals surface area contributed by atoms with E-state index in [-0.39, 0.29) is 5.84 Å². The van der Waals surface area contributed by atoms with E-state index in [1.165, 1.54) is 5.56 Å². The van der Waals surface area contributed by atoms with Crippen molar-refractivity contribution >= 4 is 17.2 Å². The Hall–Kier alpha value is -2.29. The summed E-state index contributed by atoms with van der Waals surface area (Å²) in [5, 5.41) is 7.51. The Balaban J connectivity index is 2.34. The van der Waals surface area contributed by atoms with Gasteiger partial charge in [0, 0.05) is 24.0 Å². The van der Waals surface area contributed by atoms with Crippen LogP contribution in [0.1, 0.15) is 16.7 Å². The second-order valence-electron chi connectivity index (χ2n) is 4.81. The lowest BCUT2D eigenvalue weighted by Crippen LogP contribution is -2.14. The topological polar surface area (TPSA) is 53.1 Å². The lowest BCUT2D eigenvalue weighted by atomic mass is 10.1. The molecule has 0 bridgehead atoms. The summed E-state index contributed by atoms with van der Waals surface area (Å²) in [6.07, 6.45) is 0. The van der Waals surface area contributed by atoms with Gasteiger partial charge in [-0.1, -0.05) is 17.7 Å². The Bertz CT molecular complexity index is 600. The minimum Gasteiger partial charge on any atom is -0.384 e. The lowest BCUT2D eigenvalue weighted by Gasteiger charge is -2.21. The standard InChI is InChI=1S/C16H19N3/c1-11-4-6-13(7-5-11)19(3)14-8-9-15(16(17)18)12(2)10-14/h4-10H,1-3H3,(H3,17,18). The van der Waals surface area contributed by atoms with Crippen LogP contribution in [0.2, 0.25) is 0 Å². The number of nitrogens with zero attached hydrogens (tertiary/aromatic N) is 1. The number of nitrogens with two attached hydrogens (primary N) is 1. The first-order valence-corrected chi connectivity index (χ1v) is 6.24. The first-order valence-electron chi connectivity index (χ1n) is 6.24. The molecule has 0 unspecified atom stereocenters. The average molecular weight is 253 g/mol. The third-order valence-corrected chi connectivity index (χ3v) is 3.31. The summed E-state index contributed by atoms with van der Waals surface area (Å²) in [7, 11) is 2.03. The van der Waals surface area contributed by atoms with Crippen molar-refractivity contribution in [3.8, 4) is 0 Å². The first-order chi connectivity index (χ1) is 8.99. The molecule has 2 aromatic carbocycles. The summed E-state index contributed by atoms with van der Waals surface area (Å²) in [6, 6.07) is 14.3. The zero-order valence-corrected chi connectivity index (χ0v) is 11.6. The quantitative estimate of drug-likeness (QED) is 0.651. The molecule has 3 heteroatoms. The Morgan fingerprint density at radius 3 is 2.11 bits per heavy atom. The van der Waals surface area contributed by atoms with E-state index in [9.17, 15) is 0 Å². The Kier molecular flexibility index (Phi) is 3.56. The summed E-state index contributed by atoms with van der Waals surface area (Å²) in [5.74, 6) is 0.113. The normalized spacial score (nSPS) is 10.3. The predicted molar refractivity (Wildman–Crippen MR) is 81.4 cm³/mol. The van der Waals surface area contributed by atoms with Crippen molar-refractivity contribution in [2.75, 3.05) is 11.9 Å². The van der Waals surface area contributed by atoms with Gasteiger partial charge in [-0.05, 0) is 49.7 Å². The van der Waals surface area contributed by atoms with Gasteiger partial charge in [-0.2, -0.15) is 0 Å². The van der Waals surface area contributed by atoms with E-state index in [2.05, 4.69) is 42.2 Å². The summed E-state index contributed by atoms with van der Waals surface area (Å²) in [6.45, 7) is 4.05. The fourth-order valence-electron chi connectivity index (χ4n) is 2.08. The molecule has 0 saturated carbocycles. The van der Waals surface area contributed by atoms with Crippen LogP contribution in [0.4, 0.5) is 11.4 Å². The fourth-order valence-corrected chi connectivity index (χ4v) is 2.08. The van der Waals surface area contributed by atoms with Crippen molar-refractivity contribution in [3.05, 3.63) is 59.2 Å². The van der Waals surface area contributed by atoms with Gasteiger partial charge in [0.1, 0.15) is 5.84 Å². The van der Waals surface area contributed by atoms with Gasteiger partial charge in [-0.3, -0.25) is 5.41 Å². The van der Waals surface area contributed by atoms with Gasteiger partial charge in [0.05, 0.1) is 0 Å². The molecule has 0 saturated heterocycles. The summed E-state index contributed by atoms with van der Waals surface area (Å²) < 4.78 is 0.